The van der Waals surface area contributed by atoms with Crippen LogP contribution in [0.1, 0.15) is 238 Å². The maximum Gasteiger partial charge on any atom is 0.226 e. The van der Waals surface area contributed by atoms with Crippen LogP contribution < -0.4 is 35.5 Å². The predicted molar refractivity (Wildman–Crippen MR) is 532 cm³/mol. The van der Waals surface area contributed by atoms with Crippen LogP contribution in [-0.2, 0) is 28.7 Å². The van der Waals surface area contributed by atoms with Crippen LogP contribution in [0.5, 0.6) is 23.0 Å². The van der Waals surface area contributed by atoms with Crippen LogP contribution in [0.4, 0.5) is 0 Å². The number of hydrogen-bond donors (Lipinski definition) is 5. The molecule has 18 rings (SSSR count). The number of ether oxygens (including phenoxy) is 5. The van der Waals surface area contributed by atoms with Crippen LogP contribution in [0.2, 0.25) is 40.2 Å². The molecule has 10 aliphatic rings. The number of phenolic OH excluding ortho intramolecular Hbond substituents is 1. The van der Waals surface area contributed by atoms with Crippen molar-refractivity contribution < 1.29 is 48.0 Å². The summed E-state index contributed by atoms with van der Waals surface area (Å²) in [5, 5.41) is 30.3. The normalized spacial score (nSPS) is 30.3. The van der Waals surface area contributed by atoms with Gasteiger partial charge < -0.3 is 50.1 Å². The minimum Gasteiger partial charge on any atom is -0.508 e. The molecule has 4 heterocycles. The number of fused-ring (bicyclic) bond motifs is 4. The van der Waals surface area contributed by atoms with E-state index >= 15 is 0 Å². The highest BCUT2D eigenvalue weighted by molar-refractivity contribution is 9.09. The van der Waals surface area contributed by atoms with Crippen molar-refractivity contribution in [1.82, 2.24) is 21.3 Å². The van der Waals surface area contributed by atoms with E-state index in [2.05, 4.69) is 186 Å². The average molecular weight is 2050 g/mol. The van der Waals surface area contributed by atoms with Gasteiger partial charge in [-0.3, -0.25) is 19.2 Å². The van der Waals surface area contributed by atoms with Gasteiger partial charge in [-0.05, 0) is 319 Å². The maximum atomic E-state index is 12.9. The van der Waals surface area contributed by atoms with Crippen molar-refractivity contribution in [1.29, 1.82) is 0 Å². The molecule has 4 aliphatic heterocycles. The van der Waals surface area contributed by atoms with E-state index in [0.717, 1.165) is 135 Å². The number of halogens is 10. The molecule has 0 bridgehead atoms. The van der Waals surface area contributed by atoms with Crippen LogP contribution in [0.3, 0.4) is 0 Å². The summed E-state index contributed by atoms with van der Waals surface area (Å²) in [5.41, 5.74) is 7.72. The van der Waals surface area contributed by atoms with Gasteiger partial charge in [-0.2, -0.15) is 0 Å². The lowest BCUT2D eigenvalue weighted by Gasteiger charge is -2.46. The first-order chi connectivity index (χ1) is 61.6. The van der Waals surface area contributed by atoms with Crippen molar-refractivity contribution in [2.45, 2.75) is 224 Å². The summed E-state index contributed by atoms with van der Waals surface area (Å²) in [7, 11) is 3.33. The number of nitrogens with one attached hydrogen (secondary N) is 4. The number of phenols is 1. The fourth-order valence-electron chi connectivity index (χ4n) is 22.9. The van der Waals surface area contributed by atoms with Gasteiger partial charge in [-0.15, -0.1) is 0 Å². The molecular formula is C105H124Br2Cl8N4O10. The van der Waals surface area contributed by atoms with E-state index in [1.54, 1.807) is 26.4 Å². The second-order valence-corrected chi connectivity index (χ2v) is 43.3. The number of benzene rings is 8. The summed E-state index contributed by atoms with van der Waals surface area (Å²) in [4.78, 5) is 51.3. The zero-order valence-corrected chi connectivity index (χ0v) is 85.0. The fourth-order valence-corrected chi connectivity index (χ4v) is 25.6. The zero-order chi connectivity index (χ0) is 92.7. The van der Waals surface area contributed by atoms with Crippen LogP contribution in [0.15, 0.2) is 170 Å². The molecule has 0 unspecified atom stereocenters. The molecule has 8 aromatic rings. The molecule has 24 heteroatoms. The number of aromatic hydroxyl groups is 1. The average Bonchev–Trinajstić information content (AvgIpc) is 1.62. The molecule has 0 radical (unpaired) electrons. The molecule has 8 aromatic carbocycles. The predicted octanol–water partition coefficient (Wildman–Crippen LogP) is 27.3. The smallest absolute Gasteiger partial charge is 0.226 e. The van der Waals surface area contributed by atoms with Gasteiger partial charge in [0.05, 0.1) is 47.6 Å². The summed E-state index contributed by atoms with van der Waals surface area (Å²) in [6, 6.07) is 56.0. The van der Waals surface area contributed by atoms with Gasteiger partial charge in [0, 0.05) is 113 Å². The third-order valence-electron chi connectivity index (χ3n) is 29.6. The summed E-state index contributed by atoms with van der Waals surface area (Å²) >= 11 is 58.1. The van der Waals surface area contributed by atoms with Gasteiger partial charge in [-0.25, -0.2) is 0 Å². The minimum absolute atomic E-state index is 0.0851. The third-order valence-corrected chi connectivity index (χ3v) is 33.2. The van der Waals surface area contributed by atoms with E-state index in [4.69, 9.17) is 112 Å². The number of hydrogen-bond acceptors (Lipinski definition) is 10. The highest BCUT2D eigenvalue weighted by Gasteiger charge is 2.62. The lowest BCUT2D eigenvalue weighted by molar-refractivity contribution is -0.130. The number of methoxy groups -OCH3 is 2. The molecular weight excluding hydrogens is 1920 g/mol. The van der Waals surface area contributed by atoms with E-state index in [1.165, 1.54) is 53.3 Å². The summed E-state index contributed by atoms with van der Waals surface area (Å²) < 4.78 is 27.2. The molecule has 10 fully saturated rings. The van der Waals surface area contributed by atoms with Crippen molar-refractivity contribution in [2.24, 2.45) is 57.2 Å². The van der Waals surface area contributed by atoms with Crippen LogP contribution in [-0.4, -0.2) is 110 Å². The Bertz CT molecular complexity index is 5190. The Morgan fingerprint density at radius 1 is 0.372 bits per heavy atom. The van der Waals surface area contributed by atoms with Crippen molar-refractivity contribution >= 4 is 148 Å². The van der Waals surface area contributed by atoms with Gasteiger partial charge in [0.25, 0.3) is 0 Å². The largest absolute Gasteiger partial charge is 0.508 e. The molecule has 129 heavy (non-hydrogen) atoms. The Labute approximate surface area is 820 Å². The summed E-state index contributed by atoms with van der Waals surface area (Å²) in [5.74, 6) is 7.14. The Morgan fingerprint density at radius 2 is 0.659 bits per heavy atom. The second kappa shape index (κ2) is 43.8. The highest BCUT2D eigenvalue weighted by atomic mass is 79.9. The third kappa shape index (κ3) is 22.7. The molecule has 5 N–H and O–H groups in total. The monoisotopic (exact) mass is 2040 g/mol. The Morgan fingerprint density at radius 3 is 0.915 bits per heavy atom. The van der Waals surface area contributed by atoms with E-state index in [9.17, 15) is 24.3 Å². The van der Waals surface area contributed by atoms with Crippen LogP contribution in [0.25, 0.3) is 0 Å². The minimum atomic E-state index is -0.385. The molecule has 694 valence electrons. The molecule has 4 saturated heterocycles. The standard InChI is InChI=1S/C26H29Cl2NO2.C25H29Cl2NO3.C25H29Cl2NO2.C22H23Cl2NO2.C4H7Br.C3H7BrO/c1-15-24-23(17-5-7-18(27)8-6-17)21(11-12-26(24,2)25(30)29-15)20-10-9-19(13-22(20)28)31-14-16-3-4-16;1-15-23-22(16-4-6-17(26)7-5-16)20(10-11-25(23,2)24(29)28-15)19-9-8-18(14-21(19)27)31-13-12-30-3;1-14(2)30-18-9-10-19(21(27)13-18)20-11-12-25(4)23(15(3)28-24(25)29)22(20)16-5-7-17(26)8-6-16;1-12-20-19(13-3-5-14(23)6-4-13)17(9-10-22(20,2)21(27)25-12)16-8-7-15(26)11-18(16)24;5-3-4-1-2-4;1-5-3-2-4/h5-10,13,15-16,21,23-24H,3-4,11-12,14H2,1-2H3,(H,29,30);4-9,14-15,20,22-23H,10-13H2,1-3H3,(H,28,29);5-10,13-15,20,22-23H,11-12H2,1-4H3,(H,28,29);3-8,11-12,17,19-20,26H,9-10H2,1-2H3,(H,25,27);4H,1-3H2;2-3H2,1H3/t15-,21+,23+,24+,26-;2*15-,20+,22+,23+,25-;12-,17+,19+,20+,22-;;/m1111../s1. The molecule has 6 aliphatic carbocycles. The number of alkyl halides is 2. The first-order valence-corrected chi connectivity index (χ1v) is 51.0. The quantitative estimate of drug-likeness (QED) is 0.0364. The van der Waals surface area contributed by atoms with Crippen molar-refractivity contribution in [2.75, 3.05) is 51.3 Å². The molecule has 20 atom stereocenters. The fraction of sp³-hybridized carbons (Fsp3) is 0.505. The van der Waals surface area contributed by atoms with Crippen molar-refractivity contribution in [3.63, 3.8) is 0 Å². The lowest BCUT2D eigenvalue weighted by Crippen LogP contribution is -2.42. The summed E-state index contributed by atoms with van der Waals surface area (Å²) in [6.45, 7) is 23.5. The van der Waals surface area contributed by atoms with E-state index in [-0.39, 0.29) is 152 Å². The SMILES string of the molecule is BrCC1CC1.CC(C)Oc1ccc([C@@H]2CC[C@@]3(C)C(=O)N[C@H](C)[C@H]3[C@H]2c2ccc(Cl)cc2)c(Cl)c1.COCCBr.COCCOc1ccc([C@@H]2CC[C@@]3(C)C(=O)N[C@H](C)[C@H]3[C@H]2c2ccc(Cl)cc2)c(Cl)c1.C[C@H]1NC(=O)[C@]2(C)CC[C@@H](c3ccc(O)cc3Cl)[C@H](c3ccc(Cl)cc3)[C@H]12.C[C@H]1NC(=O)[C@]2(C)CC[C@@H](c3ccc(OCC4CC4)cc3Cl)[C@H](c3ccc(Cl)cc3)[C@H]12. The van der Waals surface area contributed by atoms with E-state index in [0.29, 0.717) is 39.2 Å². The second-order valence-electron chi connectivity index (χ2n) is 38.5. The number of amides is 4. The van der Waals surface area contributed by atoms with Crippen molar-refractivity contribution in [3.8, 4) is 23.0 Å². The topological polar surface area (TPSA) is 183 Å². The van der Waals surface area contributed by atoms with Gasteiger partial charge in [0.2, 0.25) is 23.6 Å². The number of carbonyl (C=O) groups excluding carboxylic acids is 4. The molecule has 6 saturated carbocycles. The van der Waals surface area contributed by atoms with Gasteiger partial charge in [0.1, 0.15) is 29.6 Å². The summed E-state index contributed by atoms with van der Waals surface area (Å²) in [6.07, 6.45) is 12.5. The van der Waals surface area contributed by atoms with Gasteiger partial charge in [0.15, 0.2) is 0 Å². The van der Waals surface area contributed by atoms with E-state index < -0.39 is 0 Å². The zero-order valence-electron chi connectivity index (χ0n) is 75.8. The highest BCUT2D eigenvalue weighted by Crippen LogP contribution is 2.64. The molecule has 14 nitrogen and oxygen atoms in total. The number of carbonyl (C=O) groups is 4. The van der Waals surface area contributed by atoms with Gasteiger partial charge >= 0.3 is 0 Å². The van der Waals surface area contributed by atoms with Crippen LogP contribution >= 0.6 is 125 Å². The van der Waals surface area contributed by atoms with Gasteiger partial charge in [-0.1, -0.05) is 225 Å². The first kappa shape index (κ1) is 100. The molecule has 0 aromatic heterocycles. The Kier molecular flexibility index (Phi) is 34.1. The van der Waals surface area contributed by atoms with Crippen molar-refractivity contribution in [3.05, 3.63) is 255 Å². The first-order valence-electron chi connectivity index (χ1n) is 45.7. The van der Waals surface area contributed by atoms with E-state index in [1.807, 2.05) is 98.8 Å². The number of rotatable bonds is 20. The molecule has 4 amide bonds. The maximum absolute atomic E-state index is 12.9. The lowest BCUT2D eigenvalue weighted by atomic mass is 9.56. The Balaban J connectivity index is 0.000000141. The Hall–Kier alpha value is -5.96. The van der Waals surface area contributed by atoms with Crippen LogP contribution in [0, 0.1) is 57.2 Å². The molecule has 0 spiro atoms.